The number of thioether (sulfide) groups is 1. The van der Waals surface area contributed by atoms with Crippen molar-refractivity contribution in [3.8, 4) is 0 Å². The van der Waals surface area contributed by atoms with Crippen LogP contribution in [0.5, 0.6) is 0 Å². The maximum absolute atomic E-state index is 11.6. The number of aromatic nitrogens is 3. The molecule has 1 amide bonds. The van der Waals surface area contributed by atoms with Gasteiger partial charge in [0.1, 0.15) is 5.82 Å². The van der Waals surface area contributed by atoms with Crippen LogP contribution in [0.3, 0.4) is 0 Å². The fourth-order valence-electron chi connectivity index (χ4n) is 1.76. The largest absolute Gasteiger partial charge is 0.348 e. The first-order valence-electron chi connectivity index (χ1n) is 5.44. The summed E-state index contributed by atoms with van der Waals surface area (Å²) in [5.41, 5.74) is 0. The highest BCUT2D eigenvalue weighted by Gasteiger charge is 2.18. The van der Waals surface area contributed by atoms with Crippen molar-refractivity contribution in [2.45, 2.75) is 38.1 Å². The Morgan fingerprint density at radius 2 is 2.44 bits per heavy atom. The predicted octanol–water partition coefficient (Wildman–Crippen LogP) is 0.592. The van der Waals surface area contributed by atoms with Gasteiger partial charge in [0, 0.05) is 13.0 Å². The quantitative estimate of drug-likeness (QED) is 0.837. The lowest BCUT2D eigenvalue weighted by molar-refractivity contribution is -0.120. The lowest BCUT2D eigenvalue weighted by Gasteiger charge is -2.09. The molecular weight excluding hydrogens is 224 g/mol. The van der Waals surface area contributed by atoms with Gasteiger partial charge in [0.25, 0.3) is 0 Å². The molecule has 1 aliphatic heterocycles. The fourth-order valence-corrected chi connectivity index (χ4v) is 2.06. The van der Waals surface area contributed by atoms with Crippen molar-refractivity contribution in [3.05, 3.63) is 11.6 Å². The van der Waals surface area contributed by atoms with Gasteiger partial charge in [-0.25, -0.2) is 0 Å². The third-order valence-corrected chi connectivity index (χ3v) is 3.75. The van der Waals surface area contributed by atoms with Gasteiger partial charge in [-0.1, -0.05) is 0 Å². The number of rotatable bonds is 4. The summed E-state index contributed by atoms with van der Waals surface area (Å²) in [7, 11) is 0. The van der Waals surface area contributed by atoms with Gasteiger partial charge < -0.3 is 9.88 Å². The van der Waals surface area contributed by atoms with Crippen LogP contribution in [-0.2, 0) is 24.3 Å². The van der Waals surface area contributed by atoms with Gasteiger partial charge in [-0.15, -0.1) is 10.2 Å². The van der Waals surface area contributed by atoms with Gasteiger partial charge in [0.05, 0.1) is 11.8 Å². The third kappa shape index (κ3) is 2.21. The first-order chi connectivity index (χ1) is 7.72. The Morgan fingerprint density at radius 3 is 3.19 bits per heavy atom. The highest BCUT2D eigenvalue weighted by molar-refractivity contribution is 7.99. The molecule has 0 radical (unpaired) electrons. The van der Waals surface area contributed by atoms with E-state index in [4.69, 9.17) is 0 Å². The Kier molecular flexibility index (Phi) is 3.48. The Morgan fingerprint density at radius 1 is 1.62 bits per heavy atom. The maximum Gasteiger partial charge on any atom is 0.233 e. The molecule has 1 atom stereocenters. The Labute approximate surface area is 99.0 Å². The van der Waals surface area contributed by atoms with Crippen LogP contribution in [0.25, 0.3) is 0 Å². The van der Waals surface area contributed by atoms with Crippen molar-refractivity contribution in [1.29, 1.82) is 0 Å². The monoisotopic (exact) mass is 240 g/mol. The van der Waals surface area contributed by atoms with Crippen LogP contribution in [0.2, 0.25) is 0 Å². The molecule has 0 spiro atoms. The fraction of sp³-hybridized carbons (Fsp3) is 0.700. The number of amides is 1. The van der Waals surface area contributed by atoms with Crippen molar-refractivity contribution in [2.75, 3.05) is 6.26 Å². The molecule has 0 aromatic carbocycles. The summed E-state index contributed by atoms with van der Waals surface area (Å²) in [4.78, 5) is 11.6. The number of carbonyl (C=O) groups excluding carboxylic acids is 1. The molecule has 1 aliphatic rings. The van der Waals surface area contributed by atoms with Gasteiger partial charge in [-0.05, 0) is 19.6 Å². The molecule has 6 heteroatoms. The molecule has 0 fully saturated rings. The number of nitrogens with zero attached hydrogens (tertiary/aromatic N) is 3. The molecule has 0 saturated carbocycles. The molecular formula is C10H16N4OS. The predicted molar refractivity (Wildman–Crippen MR) is 63.2 cm³/mol. The van der Waals surface area contributed by atoms with Crippen LogP contribution in [0, 0.1) is 0 Å². The van der Waals surface area contributed by atoms with Gasteiger partial charge in [-0.3, -0.25) is 4.79 Å². The lowest BCUT2D eigenvalue weighted by Crippen LogP contribution is -2.31. The standard InChI is InChI=1S/C10H16N4OS/c1-7(16-2)10(15)11-6-9-13-12-8-4-3-5-14(8)9/h7H,3-6H2,1-2H3,(H,11,15). The summed E-state index contributed by atoms with van der Waals surface area (Å²) in [5, 5.41) is 11.1. The molecule has 1 N–H and O–H groups in total. The number of carbonyl (C=O) groups is 1. The van der Waals surface area contributed by atoms with Gasteiger partial charge in [0.2, 0.25) is 5.91 Å². The van der Waals surface area contributed by atoms with Gasteiger partial charge >= 0.3 is 0 Å². The molecule has 5 nitrogen and oxygen atoms in total. The number of nitrogens with one attached hydrogen (secondary N) is 1. The molecule has 2 heterocycles. The van der Waals surface area contributed by atoms with E-state index in [2.05, 4.69) is 20.1 Å². The molecule has 0 aliphatic carbocycles. The minimum Gasteiger partial charge on any atom is -0.348 e. The SMILES string of the molecule is CSC(C)C(=O)NCc1nnc2n1CCC2. The normalized spacial score (nSPS) is 15.9. The highest BCUT2D eigenvalue weighted by atomic mass is 32.2. The van der Waals surface area contributed by atoms with E-state index in [9.17, 15) is 4.79 Å². The Hall–Kier alpha value is -1.04. The van der Waals surface area contributed by atoms with Crippen LogP contribution in [0.1, 0.15) is 25.0 Å². The highest BCUT2D eigenvalue weighted by Crippen LogP contribution is 2.13. The van der Waals surface area contributed by atoms with Crippen molar-refractivity contribution >= 4 is 17.7 Å². The van der Waals surface area contributed by atoms with E-state index >= 15 is 0 Å². The maximum atomic E-state index is 11.6. The summed E-state index contributed by atoms with van der Waals surface area (Å²) in [6.45, 7) is 3.36. The van der Waals surface area contributed by atoms with Crippen LogP contribution in [-0.4, -0.2) is 32.2 Å². The molecule has 0 bridgehead atoms. The van der Waals surface area contributed by atoms with E-state index in [-0.39, 0.29) is 11.2 Å². The van der Waals surface area contributed by atoms with E-state index < -0.39 is 0 Å². The first-order valence-corrected chi connectivity index (χ1v) is 6.72. The van der Waals surface area contributed by atoms with Crippen molar-refractivity contribution in [3.63, 3.8) is 0 Å². The van der Waals surface area contributed by atoms with Gasteiger partial charge in [-0.2, -0.15) is 11.8 Å². The van der Waals surface area contributed by atoms with Gasteiger partial charge in [0.15, 0.2) is 5.82 Å². The number of hydrogen-bond donors (Lipinski definition) is 1. The topological polar surface area (TPSA) is 59.8 Å². The minimum atomic E-state index is -0.0130. The zero-order valence-corrected chi connectivity index (χ0v) is 10.4. The van der Waals surface area contributed by atoms with Crippen molar-refractivity contribution in [1.82, 2.24) is 20.1 Å². The number of aryl methyl sites for hydroxylation is 1. The molecule has 1 aromatic heterocycles. The average Bonchev–Trinajstić information content (AvgIpc) is 2.87. The lowest BCUT2D eigenvalue weighted by atomic mass is 10.4. The van der Waals surface area contributed by atoms with Crippen molar-refractivity contribution < 1.29 is 4.79 Å². The summed E-state index contributed by atoms with van der Waals surface area (Å²) in [6.07, 6.45) is 4.06. The number of fused-ring (bicyclic) bond motifs is 1. The van der Waals surface area contributed by atoms with Crippen molar-refractivity contribution in [2.24, 2.45) is 0 Å². The zero-order valence-electron chi connectivity index (χ0n) is 9.56. The first kappa shape index (κ1) is 11.4. The zero-order chi connectivity index (χ0) is 11.5. The smallest absolute Gasteiger partial charge is 0.233 e. The van der Waals surface area contributed by atoms with E-state index in [1.54, 1.807) is 11.8 Å². The molecule has 1 unspecified atom stereocenters. The van der Waals surface area contributed by atoms with E-state index in [0.29, 0.717) is 6.54 Å². The minimum absolute atomic E-state index is 0.0130. The summed E-state index contributed by atoms with van der Waals surface area (Å²) >= 11 is 1.54. The van der Waals surface area contributed by atoms with E-state index in [1.165, 1.54) is 0 Å². The molecule has 0 saturated heterocycles. The van der Waals surface area contributed by atoms with E-state index in [0.717, 1.165) is 31.0 Å². The summed E-state index contributed by atoms with van der Waals surface area (Å²) in [6, 6.07) is 0. The second kappa shape index (κ2) is 4.86. The second-order valence-electron chi connectivity index (χ2n) is 3.88. The molecule has 16 heavy (non-hydrogen) atoms. The van der Waals surface area contributed by atoms with E-state index in [1.807, 2.05) is 13.2 Å². The van der Waals surface area contributed by atoms with Crippen LogP contribution < -0.4 is 5.32 Å². The average molecular weight is 240 g/mol. The molecule has 88 valence electrons. The van der Waals surface area contributed by atoms with Crippen LogP contribution in [0.15, 0.2) is 0 Å². The Balaban J connectivity index is 1.93. The molecule has 2 rings (SSSR count). The Bertz CT molecular complexity index is 390. The van der Waals surface area contributed by atoms with Crippen LogP contribution in [0.4, 0.5) is 0 Å². The summed E-state index contributed by atoms with van der Waals surface area (Å²) in [5.74, 6) is 1.97. The second-order valence-corrected chi connectivity index (χ2v) is 5.06. The molecule has 1 aromatic rings. The third-order valence-electron chi connectivity index (χ3n) is 2.83. The summed E-state index contributed by atoms with van der Waals surface area (Å²) < 4.78 is 2.10. The van der Waals surface area contributed by atoms with Crippen LogP contribution >= 0.6 is 11.8 Å². The number of hydrogen-bond acceptors (Lipinski definition) is 4.